The van der Waals surface area contributed by atoms with Crippen molar-refractivity contribution in [2.45, 2.75) is 39.3 Å². The van der Waals surface area contributed by atoms with Gasteiger partial charge in [0.05, 0.1) is 17.0 Å². The van der Waals surface area contributed by atoms with E-state index in [1.54, 1.807) is 4.57 Å². The van der Waals surface area contributed by atoms with Gasteiger partial charge in [-0.25, -0.2) is 4.98 Å². The molecule has 1 aliphatic heterocycles. The molecule has 158 valence electrons. The molecule has 2 aromatic heterocycles. The molecule has 2 atom stereocenters. The minimum atomic E-state index is -0.0721. The Hall–Kier alpha value is -2.12. The number of piperidine rings is 1. The summed E-state index contributed by atoms with van der Waals surface area (Å²) in [4.78, 5) is 32.9. The Balaban J connectivity index is 1.68. The number of rotatable bonds is 4. The third-order valence-electron chi connectivity index (χ3n) is 5.59. The molecule has 0 unspecified atom stereocenters. The van der Waals surface area contributed by atoms with E-state index in [-0.39, 0.29) is 17.2 Å². The third kappa shape index (κ3) is 4.18. The molecule has 30 heavy (non-hydrogen) atoms. The van der Waals surface area contributed by atoms with Crippen molar-refractivity contribution in [2.75, 3.05) is 18.8 Å². The number of likely N-dealkylation sites (tertiary alicyclic amines) is 1. The summed E-state index contributed by atoms with van der Waals surface area (Å²) in [5.74, 6) is 1.45. The molecule has 0 spiro atoms. The first-order valence-corrected chi connectivity index (χ1v) is 12.2. The van der Waals surface area contributed by atoms with Gasteiger partial charge in [-0.3, -0.25) is 14.2 Å². The van der Waals surface area contributed by atoms with Crippen molar-refractivity contribution in [3.63, 3.8) is 0 Å². The molecule has 4 rings (SSSR count). The Morgan fingerprint density at radius 3 is 2.63 bits per heavy atom. The first-order chi connectivity index (χ1) is 14.3. The van der Waals surface area contributed by atoms with Crippen molar-refractivity contribution in [3.05, 3.63) is 51.1 Å². The average molecular weight is 442 g/mol. The van der Waals surface area contributed by atoms with Gasteiger partial charge < -0.3 is 4.90 Å². The number of aromatic nitrogens is 2. The fourth-order valence-electron chi connectivity index (χ4n) is 4.34. The smallest absolute Gasteiger partial charge is 0.276 e. The fourth-order valence-corrected chi connectivity index (χ4v) is 6.01. The Labute approximate surface area is 185 Å². The number of nitrogens with zero attached hydrogens (tertiary/aromatic N) is 3. The van der Waals surface area contributed by atoms with Crippen LogP contribution in [0.15, 0.2) is 39.6 Å². The number of thioether (sulfide) groups is 1. The van der Waals surface area contributed by atoms with Crippen molar-refractivity contribution >= 4 is 39.2 Å². The highest BCUT2D eigenvalue weighted by Gasteiger charge is 2.26. The van der Waals surface area contributed by atoms with E-state index in [1.807, 2.05) is 42.3 Å². The van der Waals surface area contributed by atoms with Crippen LogP contribution in [0.3, 0.4) is 0 Å². The van der Waals surface area contributed by atoms with Gasteiger partial charge in [0.1, 0.15) is 4.70 Å². The van der Waals surface area contributed by atoms with E-state index < -0.39 is 0 Å². The van der Waals surface area contributed by atoms with E-state index in [9.17, 15) is 9.59 Å². The SMILES string of the molecule is Cc1ccc(-n2c(SCC(=O)N3C[C@H](C)C[C@@H](C)C3)nc3ccsc3c2=O)c(C)c1. The molecule has 3 heterocycles. The van der Waals surface area contributed by atoms with Crippen LogP contribution < -0.4 is 5.56 Å². The van der Waals surface area contributed by atoms with E-state index in [2.05, 4.69) is 19.9 Å². The zero-order chi connectivity index (χ0) is 21.4. The van der Waals surface area contributed by atoms with Gasteiger partial charge in [0.2, 0.25) is 5.91 Å². The third-order valence-corrected chi connectivity index (χ3v) is 7.40. The van der Waals surface area contributed by atoms with Gasteiger partial charge in [-0.1, -0.05) is 43.3 Å². The van der Waals surface area contributed by atoms with Gasteiger partial charge in [0, 0.05) is 13.1 Å². The summed E-state index contributed by atoms with van der Waals surface area (Å²) in [5, 5.41) is 2.46. The average Bonchev–Trinajstić information content (AvgIpc) is 3.15. The summed E-state index contributed by atoms with van der Waals surface area (Å²) >= 11 is 2.76. The summed E-state index contributed by atoms with van der Waals surface area (Å²) in [5.41, 5.74) is 3.61. The molecule has 0 radical (unpaired) electrons. The summed E-state index contributed by atoms with van der Waals surface area (Å²) in [6, 6.07) is 7.90. The number of hydrogen-bond acceptors (Lipinski definition) is 5. The molecule has 7 heteroatoms. The second kappa shape index (κ2) is 8.55. The van der Waals surface area contributed by atoms with Crippen LogP contribution in [0.4, 0.5) is 0 Å². The van der Waals surface area contributed by atoms with Crippen LogP contribution in [0.1, 0.15) is 31.4 Å². The zero-order valence-corrected chi connectivity index (χ0v) is 19.5. The van der Waals surface area contributed by atoms with E-state index in [4.69, 9.17) is 4.98 Å². The Morgan fingerprint density at radius 1 is 1.20 bits per heavy atom. The van der Waals surface area contributed by atoms with Gasteiger partial charge in [0.25, 0.3) is 5.56 Å². The number of amides is 1. The monoisotopic (exact) mass is 441 g/mol. The van der Waals surface area contributed by atoms with Crippen LogP contribution in [-0.4, -0.2) is 39.2 Å². The quantitative estimate of drug-likeness (QED) is 0.436. The van der Waals surface area contributed by atoms with Crippen molar-refractivity contribution in [2.24, 2.45) is 11.8 Å². The highest BCUT2D eigenvalue weighted by atomic mass is 32.2. The number of thiophene rings is 1. The van der Waals surface area contributed by atoms with Gasteiger partial charge in [-0.2, -0.15) is 0 Å². The molecular weight excluding hydrogens is 414 g/mol. The predicted octanol–water partition coefficient (Wildman–Crippen LogP) is 4.66. The van der Waals surface area contributed by atoms with Crippen molar-refractivity contribution in [1.82, 2.24) is 14.5 Å². The van der Waals surface area contributed by atoms with Gasteiger partial charge in [-0.05, 0) is 55.2 Å². The lowest BCUT2D eigenvalue weighted by atomic mass is 9.92. The predicted molar refractivity (Wildman–Crippen MR) is 125 cm³/mol. The summed E-state index contributed by atoms with van der Waals surface area (Å²) in [6.07, 6.45) is 1.17. The largest absolute Gasteiger partial charge is 0.341 e. The number of hydrogen-bond donors (Lipinski definition) is 0. The maximum Gasteiger partial charge on any atom is 0.276 e. The Kier molecular flexibility index (Phi) is 6.02. The molecule has 0 aliphatic carbocycles. The molecule has 1 aromatic carbocycles. The molecule has 5 nitrogen and oxygen atoms in total. The number of fused-ring (bicyclic) bond motifs is 1. The number of benzene rings is 1. The standard InChI is InChI=1S/C23H27N3O2S2/c1-14-5-6-19(17(4)10-14)26-22(28)21-18(7-8-29-21)24-23(26)30-13-20(27)25-11-15(2)9-16(3)12-25/h5-8,10,15-16H,9,11-13H2,1-4H3/t15-,16-/m1/s1. The van der Waals surface area contributed by atoms with Crippen molar-refractivity contribution < 1.29 is 4.79 Å². The maximum atomic E-state index is 13.3. The van der Waals surface area contributed by atoms with Crippen molar-refractivity contribution in [1.29, 1.82) is 0 Å². The highest BCUT2D eigenvalue weighted by Crippen LogP contribution is 2.27. The number of carbonyl (C=O) groups excluding carboxylic acids is 1. The molecule has 1 amide bonds. The van der Waals surface area contributed by atoms with Crippen LogP contribution in [0.2, 0.25) is 0 Å². The van der Waals surface area contributed by atoms with Gasteiger partial charge in [-0.15, -0.1) is 11.3 Å². The molecule has 1 aliphatic rings. The first kappa shape index (κ1) is 21.1. The van der Waals surface area contributed by atoms with Crippen LogP contribution in [0.25, 0.3) is 15.9 Å². The maximum absolute atomic E-state index is 13.3. The Bertz CT molecular complexity index is 1140. The summed E-state index contributed by atoms with van der Waals surface area (Å²) < 4.78 is 2.32. The molecule has 0 N–H and O–H groups in total. The Morgan fingerprint density at radius 2 is 1.93 bits per heavy atom. The van der Waals surface area contributed by atoms with E-state index in [0.29, 0.717) is 27.2 Å². The fraction of sp³-hybridized carbons (Fsp3) is 0.435. The van der Waals surface area contributed by atoms with Gasteiger partial charge in [0.15, 0.2) is 5.16 Å². The summed E-state index contributed by atoms with van der Waals surface area (Å²) in [6.45, 7) is 10.1. The van der Waals surface area contributed by atoms with E-state index in [1.165, 1.54) is 29.5 Å². The normalized spacial score (nSPS) is 19.4. The highest BCUT2D eigenvalue weighted by molar-refractivity contribution is 7.99. The number of aryl methyl sites for hydroxylation is 2. The molecule has 0 bridgehead atoms. The minimum Gasteiger partial charge on any atom is -0.341 e. The van der Waals surface area contributed by atoms with Gasteiger partial charge >= 0.3 is 0 Å². The molecular formula is C23H27N3O2S2. The lowest BCUT2D eigenvalue weighted by molar-refractivity contribution is -0.130. The van der Waals surface area contributed by atoms with E-state index >= 15 is 0 Å². The van der Waals surface area contributed by atoms with E-state index in [0.717, 1.165) is 29.9 Å². The molecule has 3 aromatic rings. The summed E-state index contributed by atoms with van der Waals surface area (Å²) in [7, 11) is 0. The van der Waals surface area contributed by atoms with Crippen LogP contribution >= 0.6 is 23.1 Å². The first-order valence-electron chi connectivity index (χ1n) is 10.3. The zero-order valence-electron chi connectivity index (χ0n) is 17.8. The van der Waals surface area contributed by atoms with Crippen molar-refractivity contribution in [3.8, 4) is 5.69 Å². The molecule has 0 saturated carbocycles. The minimum absolute atomic E-state index is 0.0721. The molecule has 1 fully saturated rings. The lowest BCUT2D eigenvalue weighted by Crippen LogP contribution is -2.43. The molecule has 1 saturated heterocycles. The lowest BCUT2D eigenvalue weighted by Gasteiger charge is -2.35. The topological polar surface area (TPSA) is 55.2 Å². The van der Waals surface area contributed by atoms with Crippen LogP contribution in [0, 0.1) is 25.7 Å². The second-order valence-electron chi connectivity index (χ2n) is 8.49. The second-order valence-corrected chi connectivity index (χ2v) is 10.4. The number of carbonyl (C=O) groups is 1. The van der Waals surface area contributed by atoms with Crippen LogP contribution in [0.5, 0.6) is 0 Å². The van der Waals surface area contributed by atoms with Crippen LogP contribution in [-0.2, 0) is 4.79 Å².